The maximum atomic E-state index is 13.3. The SMILES string of the molecule is COc1cccc(-n2c(SCC(=O)Nc3ccc(OC)c(Cl)c3)nc3ccccc3c2=O)c1. The minimum absolute atomic E-state index is 0.0401. The quantitative estimate of drug-likeness (QED) is 0.302. The molecule has 0 radical (unpaired) electrons. The minimum Gasteiger partial charge on any atom is -0.497 e. The van der Waals surface area contributed by atoms with Gasteiger partial charge in [0.15, 0.2) is 5.16 Å². The van der Waals surface area contributed by atoms with E-state index in [0.29, 0.717) is 44.0 Å². The highest BCUT2D eigenvalue weighted by Crippen LogP contribution is 2.28. The van der Waals surface area contributed by atoms with E-state index < -0.39 is 0 Å². The van der Waals surface area contributed by atoms with Crippen molar-refractivity contribution in [2.24, 2.45) is 0 Å². The lowest BCUT2D eigenvalue weighted by Gasteiger charge is -2.14. The summed E-state index contributed by atoms with van der Waals surface area (Å²) in [6, 6.07) is 19.2. The number of carbonyl (C=O) groups is 1. The Morgan fingerprint density at radius 3 is 2.64 bits per heavy atom. The molecular weight excluding hydrogens is 462 g/mol. The number of aromatic nitrogens is 2. The number of para-hydroxylation sites is 1. The first-order valence-electron chi connectivity index (χ1n) is 9.92. The van der Waals surface area contributed by atoms with Gasteiger partial charge in [0.2, 0.25) is 5.91 Å². The van der Waals surface area contributed by atoms with Crippen molar-refractivity contribution in [3.63, 3.8) is 0 Å². The number of carbonyl (C=O) groups excluding carboxylic acids is 1. The summed E-state index contributed by atoms with van der Waals surface area (Å²) < 4.78 is 11.9. The van der Waals surface area contributed by atoms with Crippen LogP contribution in [-0.4, -0.2) is 35.4 Å². The van der Waals surface area contributed by atoms with Gasteiger partial charge in [-0.25, -0.2) is 4.98 Å². The number of nitrogens with one attached hydrogen (secondary N) is 1. The fraction of sp³-hybridized carbons (Fsp3) is 0.125. The number of benzene rings is 3. The van der Waals surface area contributed by atoms with Crippen molar-refractivity contribution < 1.29 is 14.3 Å². The van der Waals surface area contributed by atoms with Crippen LogP contribution < -0.4 is 20.3 Å². The van der Waals surface area contributed by atoms with E-state index in [-0.39, 0.29) is 17.2 Å². The normalized spacial score (nSPS) is 10.8. The van der Waals surface area contributed by atoms with Gasteiger partial charge in [-0.05, 0) is 42.5 Å². The summed E-state index contributed by atoms with van der Waals surface area (Å²) in [7, 11) is 3.08. The number of halogens is 1. The fourth-order valence-corrected chi connectivity index (χ4v) is 4.33. The molecule has 0 atom stereocenters. The molecule has 33 heavy (non-hydrogen) atoms. The van der Waals surface area contributed by atoms with E-state index in [0.717, 1.165) is 11.8 Å². The Balaban J connectivity index is 1.64. The van der Waals surface area contributed by atoms with Crippen molar-refractivity contribution in [2.45, 2.75) is 5.16 Å². The number of hydrogen-bond donors (Lipinski definition) is 1. The molecule has 1 N–H and O–H groups in total. The first-order chi connectivity index (χ1) is 16.0. The number of rotatable bonds is 7. The Hall–Kier alpha value is -3.49. The molecule has 9 heteroatoms. The van der Waals surface area contributed by atoms with Gasteiger partial charge in [-0.15, -0.1) is 0 Å². The molecule has 0 unspecified atom stereocenters. The van der Waals surface area contributed by atoms with Crippen LogP contribution in [-0.2, 0) is 4.79 Å². The number of anilines is 1. The second kappa shape index (κ2) is 9.97. The molecule has 0 aliphatic heterocycles. The molecule has 3 aromatic carbocycles. The predicted octanol–water partition coefficient (Wildman–Crippen LogP) is 4.79. The predicted molar refractivity (Wildman–Crippen MR) is 131 cm³/mol. The van der Waals surface area contributed by atoms with Crippen LogP contribution in [0.4, 0.5) is 5.69 Å². The average molecular weight is 482 g/mol. The van der Waals surface area contributed by atoms with Gasteiger partial charge in [0, 0.05) is 11.8 Å². The number of ether oxygens (including phenoxy) is 2. The third-order valence-corrected chi connectivity index (χ3v) is 6.06. The van der Waals surface area contributed by atoms with E-state index in [1.807, 2.05) is 6.07 Å². The van der Waals surface area contributed by atoms with E-state index in [9.17, 15) is 9.59 Å². The Morgan fingerprint density at radius 2 is 1.88 bits per heavy atom. The first-order valence-corrected chi connectivity index (χ1v) is 11.3. The van der Waals surface area contributed by atoms with Crippen molar-refractivity contribution >= 4 is 45.9 Å². The maximum Gasteiger partial charge on any atom is 0.266 e. The number of methoxy groups -OCH3 is 2. The van der Waals surface area contributed by atoms with Gasteiger partial charge in [-0.2, -0.15) is 0 Å². The van der Waals surface area contributed by atoms with Gasteiger partial charge in [-0.3, -0.25) is 14.2 Å². The molecule has 1 heterocycles. The smallest absolute Gasteiger partial charge is 0.266 e. The van der Waals surface area contributed by atoms with Crippen LogP contribution in [0.3, 0.4) is 0 Å². The van der Waals surface area contributed by atoms with Gasteiger partial charge in [0.25, 0.3) is 5.56 Å². The van der Waals surface area contributed by atoms with E-state index in [2.05, 4.69) is 10.3 Å². The standard InChI is InChI=1S/C24H20ClN3O4S/c1-31-17-7-5-6-16(13-17)28-23(30)18-8-3-4-9-20(18)27-24(28)33-14-22(29)26-15-10-11-21(32-2)19(25)12-15/h3-13H,14H2,1-2H3,(H,26,29). The van der Waals surface area contributed by atoms with Gasteiger partial charge in [0.1, 0.15) is 11.5 Å². The van der Waals surface area contributed by atoms with Gasteiger partial charge >= 0.3 is 0 Å². The molecule has 0 aliphatic carbocycles. The molecule has 7 nitrogen and oxygen atoms in total. The van der Waals surface area contributed by atoms with Crippen LogP contribution in [0.1, 0.15) is 0 Å². The van der Waals surface area contributed by atoms with Gasteiger partial charge < -0.3 is 14.8 Å². The molecular formula is C24H20ClN3O4S. The zero-order valence-corrected chi connectivity index (χ0v) is 19.4. The molecule has 0 fully saturated rings. The molecule has 1 aromatic heterocycles. The van der Waals surface area contributed by atoms with Gasteiger partial charge in [0.05, 0.1) is 41.6 Å². The number of hydrogen-bond acceptors (Lipinski definition) is 6. The highest BCUT2D eigenvalue weighted by molar-refractivity contribution is 7.99. The molecule has 0 aliphatic rings. The Kier molecular flexibility index (Phi) is 6.86. The average Bonchev–Trinajstić information content (AvgIpc) is 2.83. The van der Waals surface area contributed by atoms with Crippen LogP contribution in [0.15, 0.2) is 76.7 Å². The second-order valence-corrected chi connectivity index (χ2v) is 8.29. The van der Waals surface area contributed by atoms with Gasteiger partial charge in [-0.1, -0.05) is 41.6 Å². The molecule has 0 saturated carbocycles. The van der Waals surface area contributed by atoms with Crippen molar-refractivity contribution in [3.8, 4) is 17.2 Å². The van der Waals surface area contributed by atoms with E-state index in [1.165, 1.54) is 11.7 Å². The summed E-state index contributed by atoms with van der Waals surface area (Å²) in [6.07, 6.45) is 0. The van der Waals surface area contributed by atoms with Crippen molar-refractivity contribution in [2.75, 3.05) is 25.3 Å². The molecule has 0 spiro atoms. The van der Waals surface area contributed by atoms with E-state index in [4.69, 9.17) is 21.1 Å². The Morgan fingerprint density at radius 1 is 1.06 bits per heavy atom. The van der Waals surface area contributed by atoms with Crippen molar-refractivity contribution in [1.29, 1.82) is 0 Å². The summed E-state index contributed by atoms with van der Waals surface area (Å²) in [4.78, 5) is 30.6. The maximum absolute atomic E-state index is 13.3. The summed E-state index contributed by atoms with van der Waals surface area (Å²) in [5, 5.41) is 4.08. The second-order valence-electron chi connectivity index (χ2n) is 6.94. The van der Waals surface area contributed by atoms with E-state index in [1.54, 1.807) is 67.8 Å². The highest BCUT2D eigenvalue weighted by Gasteiger charge is 2.15. The minimum atomic E-state index is -0.263. The zero-order chi connectivity index (χ0) is 23.4. The third kappa shape index (κ3) is 4.97. The van der Waals surface area contributed by atoms with Crippen LogP contribution in [0.5, 0.6) is 11.5 Å². The van der Waals surface area contributed by atoms with Crippen LogP contribution in [0.25, 0.3) is 16.6 Å². The molecule has 4 aromatic rings. The lowest BCUT2D eigenvalue weighted by molar-refractivity contribution is -0.113. The number of thioether (sulfide) groups is 1. The number of amides is 1. The topological polar surface area (TPSA) is 82.4 Å². The molecule has 0 saturated heterocycles. The lowest BCUT2D eigenvalue weighted by atomic mass is 10.2. The first kappa shape index (κ1) is 22.7. The summed E-state index contributed by atoms with van der Waals surface area (Å²) >= 11 is 7.30. The summed E-state index contributed by atoms with van der Waals surface area (Å²) in [5.74, 6) is 0.906. The Bertz CT molecular complexity index is 1390. The largest absolute Gasteiger partial charge is 0.497 e. The Labute approximate surface area is 199 Å². The molecule has 0 bridgehead atoms. The van der Waals surface area contributed by atoms with Crippen LogP contribution in [0.2, 0.25) is 5.02 Å². The van der Waals surface area contributed by atoms with Crippen molar-refractivity contribution in [1.82, 2.24) is 9.55 Å². The summed E-state index contributed by atoms with van der Waals surface area (Å²) in [6.45, 7) is 0. The number of nitrogens with zero attached hydrogens (tertiary/aromatic N) is 2. The molecule has 168 valence electrons. The lowest BCUT2D eigenvalue weighted by Crippen LogP contribution is -2.23. The number of fused-ring (bicyclic) bond motifs is 1. The van der Waals surface area contributed by atoms with Crippen LogP contribution >= 0.6 is 23.4 Å². The molecule has 1 amide bonds. The fourth-order valence-electron chi connectivity index (χ4n) is 3.26. The monoisotopic (exact) mass is 481 g/mol. The third-order valence-electron chi connectivity index (χ3n) is 4.82. The van der Waals surface area contributed by atoms with Crippen LogP contribution in [0, 0.1) is 0 Å². The zero-order valence-electron chi connectivity index (χ0n) is 17.9. The summed E-state index contributed by atoms with van der Waals surface area (Å²) in [5.41, 5.74) is 1.48. The highest BCUT2D eigenvalue weighted by atomic mass is 35.5. The van der Waals surface area contributed by atoms with E-state index >= 15 is 0 Å². The van der Waals surface area contributed by atoms with Crippen molar-refractivity contribution in [3.05, 3.63) is 82.1 Å². The molecule has 4 rings (SSSR count).